The summed E-state index contributed by atoms with van der Waals surface area (Å²) in [7, 11) is -2.15. The van der Waals surface area contributed by atoms with Gasteiger partial charge in [-0.25, -0.2) is 8.42 Å². The topological polar surface area (TPSA) is 93.5 Å². The Labute approximate surface area is 165 Å². The Morgan fingerprint density at radius 1 is 1.28 bits per heavy atom. The lowest BCUT2D eigenvalue weighted by Gasteiger charge is -2.30. The number of alkyl halides is 3. The molecule has 1 N–H and O–H groups in total. The van der Waals surface area contributed by atoms with Crippen LogP contribution in [0.3, 0.4) is 0 Å². The molecule has 1 aliphatic heterocycles. The molecule has 1 aromatic carbocycles. The molecule has 0 spiro atoms. The van der Waals surface area contributed by atoms with Gasteiger partial charge in [0, 0.05) is 32.0 Å². The highest BCUT2D eigenvalue weighted by Crippen LogP contribution is 2.26. The van der Waals surface area contributed by atoms with Crippen LogP contribution in [-0.4, -0.2) is 47.9 Å². The fraction of sp³-hybridized carbons (Fsp3) is 0.412. The first kappa shape index (κ1) is 21.1. The van der Waals surface area contributed by atoms with Crippen LogP contribution in [0.5, 0.6) is 5.75 Å². The van der Waals surface area contributed by atoms with Crippen LogP contribution in [0.15, 0.2) is 41.6 Å². The molecule has 0 saturated carbocycles. The van der Waals surface area contributed by atoms with Gasteiger partial charge in [-0.3, -0.25) is 9.48 Å². The van der Waals surface area contributed by atoms with E-state index >= 15 is 0 Å². The minimum absolute atomic E-state index is 0.0122. The molecule has 1 fully saturated rings. The number of carbonyl (C=O) groups excluding carboxylic acids is 1. The number of anilines is 1. The number of sulfonamides is 1. The molecule has 2 heterocycles. The van der Waals surface area contributed by atoms with Gasteiger partial charge >= 0.3 is 6.36 Å². The molecule has 1 atom stereocenters. The maximum Gasteiger partial charge on any atom is 0.573 e. The minimum Gasteiger partial charge on any atom is -0.406 e. The number of nitrogens with one attached hydrogen (secondary N) is 1. The number of aromatic nitrogens is 2. The number of hydrogen-bond donors (Lipinski definition) is 1. The molecule has 158 valence electrons. The molecular weight excluding hydrogens is 413 g/mol. The summed E-state index contributed by atoms with van der Waals surface area (Å²) in [5, 5.41) is 6.47. The molecule has 12 heteroatoms. The van der Waals surface area contributed by atoms with E-state index in [1.165, 1.54) is 33.5 Å². The zero-order chi connectivity index (χ0) is 21.2. The number of carbonyl (C=O) groups is 1. The normalized spacial score (nSPS) is 18.4. The quantitative estimate of drug-likeness (QED) is 0.783. The first-order valence-electron chi connectivity index (χ1n) is 8.70. The molecule has 8 nitrogen and oxygen atoms in total. The number of amides is 1. The van der Waals surface area contributed by atoms with Crippen LogP contribution >= 0.6 is 0 Å². The Morgan fingerprint density at radius 2 is 1.97 bits per heavy atom. The highest BCUT2D eigenvalue weighted by atomic mass is 32.2. The summed E-state index contributed by atoms with van der Waals surface area (Å²) in [6, 6.07) is 4.74. The summed E-state index contributed by atoms with van der Waals surface area (Å²) in [6.45, 7) is 0.308. The predicted molar refractivity (Wildman–Crippen MR) is 96.4 cm³/mol. The van der Waals surface area contributed by atoms with Crippen molar-refractivity contribution in [1.29, 1.82) is 0 Å². The highest BCUT2D eigenvalue weighted by Gasteiger charge is 2.34. The Hall–Kier alpha value is -2.60. The van der Waals surface area contributed by atoms with Crippen molar-refractivity contribution in [3.05, 3.63) is 36.7 Å². The van der Waals surface area contributed by atoms with Crippen LogP contribution in [0.1, 0.15) is 12.8 Å². The van der Waals surface area contributed by atoms with Crippen LogP contribution in [0, 0.1) is 5.92 Å². The summed E-state index contributed by atoms with van der Waals surface area (Å²) >= 11 is 0. The van der Waals surface area contributed by atoms with E-state index in [2.05, 4.69) is 15.2 Å². The highest BCUT2D eigenvalue weighted by molar-refractivity contribution is 7.89. The summed E-state index contributed by atoms with van der Waals surface area (Å²) in [4.78, 5) is 12.6. The van der Waals surface area contributed by atoms with Crippen molar-refractivity contribution in [3.63, 3.8) is 0 Å². The molecule has 0 unspecified atom stereocenters. The molecule has 0 radical (unpaired) electrons. The van der Waals surface area contributed by atoms with Gasteiger partial charge in [0.05, 0.1) is 12.1 Å². The predicted octanol–water partition coefficient (Wildman–Crippen LogP) is 2.36. The smallest absolute Gasteiger partial charge is 0.406 e. The number of rotatable bonds is 5. The van der Waals surface area contributed by atoms with Crippen molar-refractivity contribution in [3.8, 4) is 5.75 Å². The van der Waals surface area contributed by atoms with Crippen molar-refractivity contribution < 1.29 is 31.1 Å². The monoisotopic (exact) mass is 432 g/mol. The third-order valence-electron chi connectivity index (χ3n) is 4.43. The molecule has 0 aliphatic carbocycles. The SMILES string of the molecule is Cn1cc(S(=O)(=O)N2CCC[C@@H](C(=O)Nc3ccc(OC(F)(F)F)cc3)C2)cn1. The van der Waals surface area contributed by atoms with Crippen molar-refractivity contribution in [2.75, 3.05) is 18.4 Å². The van der Waals surface area contributed by atoms with Gasteiger partial charge in [0.15, 0.2) is 0 Å². The second kappa shape index (κ2) is 8.03. The Kier molecular flexibility index (Phi) is 5.85. The van der Waals surface area contributed by atoms with E-state index in [0.29, 0.717) is 19.4 Å². The standard InChI is InChI=1S/C17H19F3N4O4S/c1-23-11-15(9-21-23)29(26,27)24-8-2-3-12(10-24)16(25)22-13-4-6-14(7-5-13)28-17(18,19)20/h4-7,9,11-12H,2-3,8,10H2,1H3,(H,22,25)/t12-/m1/s1. The molecule has 3 rings (SSSR count). The van der Waals surface area contributed by atoms with Crippen LogP contribution in [-0.2, 0) is 21.9 Å². The fourth-order valence-electron chi connectivity index (χ4n) is 3.04. The van der Waals surface area contributed by atoms with Gasteiger partial charge in [0.25, 0.3) is 0 Å². The lowest BCUT2D eigenvalue weighted by molar-refractivity contribution is -0.274. The Bertz CT molecular complexity index is 973. The van der Waals surface area contributed by atoms with E-state index in [1.807, 2.05) is 0 Å². The van der Waals surface area contributed by atoms with E-state index in [-0.39, 0.29) is 17.1 Å². The first-order chi connectivity index (χ1) is 13.5. The van der Waals surface area contributed by atoms with E-state index in [9.17, 15) is 26.4 Å². The van der Waals surface area contributed by atoms with Gasteiger partial charge in [-0.05, 0) is 37.1 Å². The van der Waals surface area contributed by atoms with Crippen LogP contribution in [0.25, 0.3) is 0 Å². The molecule has 1 saturated heterocycles. The number of ether oxygens (including phenoxy) is 1. The maximum atomic E-state index is 12.7. The summed E-state index contributed by atoms with van der Waals surface area (Å²) in [5.74, 6) is -1.39. The number of piperidine rings is 1. The molecule has 1 aromatic heterocycles. The molecule has 1 amide bonds. The lowest BCUT2D eigenvalue weighted by Crippen LogP contribution is -2.43. The van der Waals surface area contributed by atoms with Gasteiger partial charge in [0.2, 0.25) is 15.9 Å². The van der Waals surface area contributed by atoms with Crippen molar-refractivity contribution >= 4 is 21.6 Å². The zero-order valence-electron chi connectivity index (χ0n) is 15.4. The molecule has 29 heavy (non-hydrogen) atoms. The second-order valence-corrected chi connectivity index (χ2v) is 8.55. The Balaban J connectivity index is 1.64. The Morgan fingerprint density at radius 3 is 2.55 bits per heavy atom. The largest absolute Gasteiger partial charge is 0.573 e. The molecule has 1 aliphatic rings. The van der Waals surface area contributed by atoms with Gasteiger partial charge in [-0.15, -0.1) is 13.2 Å². The minimum atomic E-state index is -4.80. The van der Waals surface area contributed by atoms with E-state index in [4.69, 9.17) is 0 Å². The van der Waals surface area contributed by atoms with Crippen LogP contribution < -0.4 is 10.1 Å². The van der Waals surface area contributed by atoms with E-state index < -0.39 is 34.0 Å². The van der Waals surface area contributed by atoms with Crippen LogP contribution in [0.2, 0.25) is 0 Å². The first-order valence-corrected chi connectivity index (χ1v) is 10.1. The van der Waals surface area contributed by atoms with Crippen LogP contribution in [0.4, 0.5) is 18.9 Å². The second-order valence-electron chi connectivity index (χ2n) is 6.61. The van der Waals surface area contributed by atoms with Crippen molar-refractivity contribution in [2.24, 2.45) is 13.0 Å². The number of nitrogens with zero attached hydrogens (tertiary/aromatic N) is 3. The van der Waals surface area contributed by atoms with Crippen molar-refractivity contribution in [2.45, 2.75) is 24.1 Å². The van der Waals surface area contributed by atoms with E-state index in [0.717, 1.165) is 12.1 Å². The molecule has 2 aromatic rings. The average Bonchev–Trinajstić information content (AvgIpc) is 3.09. The van der Waals surface area contributed by atoms with Gasteiger partial charge in [0.1, 0.15) is 10.6 Å². The third-order valence-corrected chi connectivity index (χ3v) is 6.25. The third kappa shape index (κ3) is 5.26. The fourth-order valence-corrected chi connectivity index (χ4v) is 4.55. The van der Waals surface area contributed by atoms with Gasteiger partial charge in [-0.1, -0.05) is 0 Å². The zero-order valence-corrected chi connectivity index (χ0v) is 16.2. The molecule has 0 bridgehead atoms. The number of hydrogen-bond acceptors (Lipinski definition) is 5. The number of aryl methyl sites for hydroxylation is 1. The van der Waals surface area contributed by atoms with Crippen molar-refractivity contribution in [1.82, 2.24) is 14.1 Å². The number of halogens is 3. The summed E-state index contributed by atoms with van der Waals surface area (Å²) in [5.41, 5.74) is 0.289. The van der Waals surface area contributed by atoms with Gasteiger partial charge < -0.3 is 10.1 Å². The summed E-state index contributed by atoms with van der Waals surface area (Å²) < 4.78 is 68.4. The van der Waals surface area contributed by atoms with E-state index in [1.54, 1.807) is 7.05 Å². The van der Waals surface area contributed by atoms with Gasteiger partial charge in [-0.2, -0.15) is 9.40 Å². The maximum absolute atomic E-state index is 12.7. The lowest BCUT2D eigenvalue weighted by atomic mass is 9.99. The average molecular weight is 432 g/mol. The summed E-state index contributed by atoms with van der Waals surface area (Å²) in [6.07, 6.45) is -1.14. The number of benzene rings is 1. The molecular formula is C17H19F3N4O4S.